The Kier molecular flexibility index (Phi) is 8.60. The average molecular weight is 426 g/mol. The summed E-state index contributed by atoms with van der Waals surface area (Å²) >= 11 is 0. The number of aromatic nitrogens is 2. The van der Waals surface area contributed by atoms with Crippen molar-refractivity contribution < 1.29 is 14.3 Å². The number of carbonyl (C=O) groups excluding carboxylic acids is 1. The van der Waals surface area contributed by atoms with E-state index in [0.29, 0.717) is 18.7 Å². The molecule has 0 atom stereocenters. The monoisotopic (exact) mass is 425 g/mol. The van der Waals surface area contributed by atoms with Crippen LogP contribution in [0.5, 0.6) is 0 Å². The van der Waals surface area contributed by atoms with Crippen LogP contribution in [-0.2, 0) is 26.2 Å². The van der Waals surface area contributed by atoms with Gasteiger partial charge in [0.05, 0.1) is 5.69 Å². The molecule has 0 saturated heterocycles. The van der Waals surface area contributed by atoms with Crippen LogP contribution >= 0.6 is 0 Å². The first kappa shape index (κ1) is 24.4. The zero-order valence-electron chi connectivity index (χ0n) is 19.9. The van der Waals surface area contributed by atoms with Gasteiger partial charge in [0.25, 0.3) is 0 Å². The number of hydrogen-bond donors (Lipinski definition) is 0. The fourth-order valence-electron chi connectivity index (χ4n) is 3.23. The molecule has 0 aliphatic rings. The topological polar surface area (TPSA) is 65.7 Å². The Balaban J connectivity index is 2.55. The maximum Gasteiger partial charge on any atom is 0.308 e. The summed E-state index contributed by atoms with van der Waals surface area (Å²) in [5.41, 5.74) is 4.79. The van der Waals surface area contributed by atoms with Crippen molar-refractivity contribution in [2.45, 2.75) is 66.3 Å². The minimum absolute atomic E-state index is 0.0615. The molecule has 0 bridgehead atoms. The van der Waals surface area contributed by atoms with Gasteiger partial charge in [-0.1, -0.05) is 52.0 Å². The fourth-order valence-corrected chi connectivity index (χ4v) is 3.23. The normalized spacial score (nSPS) is 12.7. The molecule has 6 nitrogen and oxygen atoms in total. The lowest BCUT2D eigenvalue weighted by Crippen LogP contribution is -2.12. The van der Waals surface area contributed by atoms with Crippen LogP contribution in [-0.4, -0.2) is 35.8 Å². The fraction of sp³-hybridized carbons (Fsp3) is 0.480. The number of allylic oxidation sites excluding steroid dienone is 1. The number of aryl methyl sites for hydroxylation is 2. The lowest BCUT2D eigenvalue weighted by atomic mass is 9.86. The molecule has 0 aliphatic heterocycles. The van der Waals surface area contributed by atoms with Crippen molar-refractivity contribution in [2.75, 3.05) is 13.8 Å². The van der Waals surface area contributed by atoms with Crippen molar-refractivity contribution in [3.05, 3.63) is 52.8 Å². The van der Waals surface area contributed by atoms with E-state index in [2.05, 4.69) is 55.1 Å². The van der Waals surface area contributed by atoms with E-state index in [0.717, 1.165) is 28.9 Å². The number of hydrogen-bond acceptors (Lipinski definition) is 5. The molecule has 0 amide bonds. The molecule has 2 rings (SSSR count). The van der Waals surface area contributed by atoms with Crippen molar-refractivity contribution in [3.8, 4) is 0 Å². The summed E-state index contributed by atoms with van der Waals surface area (Å²) in [6.07, 6.45) is 2.88. The predicted molar refractivity (Wildman–Crippen MR) is 126 cm³/mol. The zero-order valence-corrected chi connectivity index (χ0v) is 19.9. The second-order valence-corrected chi connectivity index (χ2v) is 8.47. The first-order chi connectivity index (χ1) is 14.7. The Morgan fingerprint density at radius 1 is 1.16 bits per heavy atom. The van der Waals surface area contributed by atoms with E-state index >= 15 is 0 Å². The first-order valence-corrected chi connectivity index (χ1v) is 10.8. The lowest BCUT2D eigenvalue weighted by molar-refractivity contribution is -0.151. The molecule has 0 unspecified atom stereocenters. The van der Waals surface area contributed by atoms with Gasteiger partial charge in [0.2, 0.25) is 6.79 Å². The van der Waals surface area contributed by atoms with Gasteiger partial charge in [-0.2, -0.15) is 5.10 Å². The van der Waals surface area contributed by atoms with Gasteiger partial charge in [0.15, 0.2) is 5.76 Å². The molecule has 0 saturated carbocycles. The van der Waals surface area contributed by atoms with Gasteiger partial charge in [-0.3, -0.25) is 14.5 Å². The standard InChI is InChI=1S/C25H35N3O3/c1-8-10-23(29)30-17-31-24(22-15-18(3)27-28(22)9-2)21(16-26-7)19-11-13-20(14-12-19)25(4,5)6/h11-16H,8-10,17H2,1-7H3/b24-21-,26-16-. The molecule has 1 heterocycles. The third kappa shape index (κ3) is 6.54. The molecule has 1 aromatic heterocycles. The molecule has 168 valence electrons. The Morgan fingerprint density at radius 3 is 2.39 bits per heavy atom. The Morgan fingerprint density at radius 2 is 1.84 bits per heavy atom. The molecule has 0 radical (unpaired) electrons. The summed E-state index contributed by atoms with van der Waals surface area (Å²) in [5, 5.41) is 4.56. The highest BCUT2D eigenvalue weighted by atomic mass is 16.7. The molecular formula is C25H35N3O3. The van der Waals surface area contributed by atoms with E-state index in [4.69, 9.17) is 9.47 Å². The van der Waals surface area contributed by atoms with E-state index in [9.17, 15) is 4.79 Å². The summed E-state index contributed by atoms with van der Waals surface area (Å²) in [5.74, 6) is 0.308. The van der Waals surface area contributed by atoms with Crippen LogP contribution in [0.25, 0.3) is 11.3 Å². The highest BCUT2D eigenvalue weighted by molar-refractivity contribution is 6.18. The molecular weight excluding hydrogens is 390 g/mol. The number of aliphatic imine (C=N–C) groups is 1. The number of nitrogens with zero attached hydrogens (tertiary/aromatic N) is 3. The van der Waals surface area contributed by atoms with Gasteiger partial charge in [-0.15, -0.1) is 0 Å². The zero-order chi connectivity index (χ0) is 23.0. The molecule has 0 aliphatic carbocycles. The van der Waals surface area contributed by atoms with Crippen LogP contribution in [0.2, 0.25) is 0 Å². The molecule has 6 heteroatoms. The van der Waals surface area contributed by atoms with E-state index in [1.807, 2.05) is 31.5 Å². The highest BCUT2D eigenvalue weighted by Gasteiger charge is 2.19. The van der Waals surface area contributed by atoms with E-state index in [-0.39, 0.29) is 18.2 Å². The minimum Gasteiger partial charge on any atom is -0.454 e. The van der Waals surface area contributed by atoms with Gasteiger partial charge in [-0.05, 0) is 42.9 Å². The predicted octanol–water partition coefficient (Wildman–Crippen LogP) is 5.40. The number of carbonyl (C=O) groups is 1. The van der Waals surface area contributed by atoms with Crippen molar-refractivity contribution in [2.24, 2.45) is 4.99 Å². The van der Waals surface area contributed by atoms with Crippen LogP contribution in [0.15, 0.2) is 35.3 Å². The summed E-state index contributed by atoms with van der Waals surface area (Å²) < 4.78 is 13.2. The molecule has 2 aromatic rings. The van der Waals surface area contributed by atoms with Crippen molar-refractivity contribution in [3.63, 3.8) is 0 Å². The van der Waals surface area contributed by atoms with Crippen molar-refractivity contribution >= 4 is 23.5 Å². The van der Waals surface area contributed by atoms with Gasteiger partial charge in [-0.25, -0.2) is 0 Å². The third-order valence-electron chi connectivity index (χ3n) is 4.88. The lowest BCUT2D eigenvalue weighted by Gasteiger charge is -2.20. The number of rotatable bonds is 9. The first-order valence-electron chi connectivity index (χ1n) is 10.8. The smallest absolute Gasteiger partial charge is 0.308 e. The average Bonchev–Trinajstić information content (AvgIpc) is 3.10. The largest absolute Gasteiger partial charge is 0.454 e. The molecule has 0 spiro atoms. The molecule has 0 fully saturated rings. The second-order valence-electron chi connectivity index (χ2n) is 8.47. The van der Waals surface area contributed by atoms with Gasteiger partial charge >= 0.3 is 5.97 Å². The van der Waals surface area contributed by atoms with Crippen molar-refractivity contribution in [1.82, 2.24) is 9.78 Å². The van der Waals surface area contributed by atoms with Crippen LogP contribution in [0.1, 0.15) is 70.0 Å². The Bertz CT molecular complexity index is 932. The summed E-state index contributed by atoms with van der Waals surface area (Å²) in [7, 11) is 1.73. The SMILES string of the molecule is CCCC(=O)OCO/C(=C(/C=N\C)c1ccc(C(C)(C)C)cc1)c1cc(C)nn1CC. The summed E-state index contributed by atoms with van der Waals surface area (Å²) in [6.45, 7) is 13.0. The van der Waals surface area contributed by atoms with E-state index in [1.165, 1.54) is 5.56 Å². The second kappa shape index (κ2) is 10.9. The molecule has 0 N–H and O–H groups in total. The number of esters is 1. The minimum atomic E-state index is -0.276. The summed E-state index contributed by atoms with van der Waals surface area (Å²) in [4.78, 5) is 16.1. The Labute approximate surface area is 186 Å². The molecule has 31 heavy (non-hydrogen) atoms. The van der Waals surface area contributed by atoms with Crippen LogP contribution in [0, 0.1) is 6.92 Å². The highest BCUT2D eigenvalue weighted by Crippen LogP contribution is 2.29. The van der Waals surface area contributed by atoms with Gasteiger partial charge < -0.3 is 9.47 Å². The van der Waals surface area contributed by atoms with Crippen LogP contribution in [0.4, 0.5) is 0 Å². The van der Waals surface area contributed by atoms with Crippen LogP contribution < -0.4 is 0 Å². The number of ether oxygens (including phenoxy) is 2. The quantitative estimate of drug-likeness (QED) is 0.234. The van der Waals surface area contributed by atoms with Gasteiger partial charge in [0, 0.05) is 31.8 Å². The maximum absolute atomic E-state index is 11.8. The van der Waals surface area contributed by atoms with Gasteiger partial charge in [0.1, 0.15) is 5.69 Å². The Hall–Kier alpha value is -2.89. The molecule has 1 aromatic carbocycles. The number of benzene rings is 1. The third-order valence-corrected chi connectivity index (χ3v) is 4.88. The summed E-state index contributed by atoms with van der Waals surface area (Å²) in [6, 6.07) is 10.4. The maximum atomic E-state index is 11.8. The van der Waals surface area contributed by atoms with E-state index < -0.39 is 0 Å². The van der Waals surface area contributed by atoms with Crippen molar-refractivity contribution in [1.29, 1.82) is 0 Å². The van der Waals surface area contributed by atoms with Crippen LogP contribution in [0.3, 0.4) is 0 Å². The van der Waals surface area contributed by atoms with E-state index in [1.54, 1.807) is 13.3 Å².